The number of methoxy groups -OCH3 is 2. The summed E-state index contributed by atoms with van der Waals surface area (Å²) in [6.45, 7) is 2.15. The zero-order valence-electron chi connectivity index (χ0n) is 16.2. The number of ether oxygens (including phenoxy) is 2. The van der Waals surface area contributed by atoms with E-state index >= 15 is 0 Å². The maximum absolute atomic E-state index is 5.59. The van der Waals surface area contributed by atoms with E-state index < -0.39 is 0 Å². The van der Waals surface area contributed by atoms with E-state index in [1.807, 2.05) is 0 Å². The molecule has 0 saturated carbocycles. The maximum atomic E-state index is 5.59. The summed E-state index contributed by atoms with van der Waals surface area (Å²) in [6, 6.07) is 15.5. The first-order chi connectivity index (χ1) is 13.2. The molecule has 27 heavy (non-hydrogen) atoms. The molecule has 0 N–H and O–H groups in total. The molecule has 3 nitrogen and oxygen atoms in total. The van der Waals surface area contributed by atoms with Crippen molar-refractivity contribution in [3.63, 3.8) is 0 Å². The summed E-state index contributed by atoms with van der Waals surface area (Å²) in [5.41, 5.74) is 4.55. The fourth-order valence-electron chi connectivity index (χ4n) is 5.74. The largest absolute Gasteiger partial charge is 0.493 e. The van der Waals surface area contributed by atoms with E-state index in [2.05, 4.69) is 59.5 Å². The normalized spacial score (nSPS) is 29.0. The van der Waals surface area contributed by atoms with Crippen molar-refractivity contribution in [3.8, 4) is 11.5 Å². The third-order valence-electron chi connectivity index (χ3n) is 7.04. The summed E-state index contributed by atoms with van der Waals surface area (Å²) >= 11 is 0. The van der Waals surface area contributed by atoms with Crippen LogP contribution in [0.25, 0.3) is 0 Å². The van der Waals surface area contributed by atoms with Crippen LogP contribution < -0.4 is 9.47 Å². The van der Waals surface area contributed by atoms with Crippen LogP contribution in [0.2, 0.25) is 0 Å². The van der Waals surface area contributed by atoms with Crippen molar-refractivity contribution in [1.82, 2.24) is 4.90 Å². The van der Waals surface area contributed by atoms with Crippen LogP contribution in [0, 0.1) is 5.92 Å². The lowest BCUT2D eigenvalue weighted by atomic mass is 9.67. The van der Waals surface area contributed by atoms with Gasteiger partial charge in [-0.25, -0.2) is 0 Å². The summed E-state index contributed by atoms with van der Waals surface area (Å²) in [5, 5.41) is 0. The Morgan fingerprint density at radius 1 is 0.963 bits per heavy atom. The lowest BCUT2D eigenvalue weighted by molar-refractivity contribution is 0.0767. The van der Waals surface area contributed by atoms with Gasteiger partial charge in [-0.2, -0.15) is 0 Å². The minimum absolute atomic E-state index is 0.238. The molecule has 1 saturated heterocycles. The Labute approximate surface area is 161 Å². The minimum Gasteiger partial charge on any atom is -0.493 e. The lowest BCUT2D eigenvalue weighted by Gasteiger charge is -2.48. The van der Waals surface area contributed by atoms with Crippen molar-refractivity contribution in [2.45, 2.75) is 37.3 Å². The van der Waals surface area contributed by atoms with Gasteiger partial charge in [0.2, 0.25) is 0 Å². The third-order valence-corrected chi connectivity index (χ3v) is 7.04. The van der Waals surface area contributed by atoms with Crippen LogP contribution in [0.5, 0.6) is 11.5 Å². The van der Waals surface area contributed by atoms with E-state index in [4.69, 9.17) is 9.47 Å². The number of fused-ring (bicyclic) bond motifs is 1. The van der Waals surface area contributed by atoms with Gasteiger partial charge in [-0.15, -0.1) is 0 Å². The highest BCUT2D eigenvalue weighted by atomic mass is 16.5. The van der Waals surface area contributed by atoms with Gasteiger partial charge in [-0.1, -0.05) is 42.5 Å². The first-order valence-corrected chi connectivity index (χ1v) is 9.94. The quantitative estimate of drug-likeness (QED) is 0.748. The highest BCUT2D eigenvalue weighted by molar-refractivity contribution is 5.50. The van der Waals surface area contributed by atoms with E-state index in [0.29, 0.717) is 11.8 Å². The number of rotatable bonds is 3. The average molecular weight is 361 g/mol. The Morgan fingerprint density at radius 3 is 2.44 bits per heavy atom. The molecule has 2 heterocycles. The van der Waals surface area contributed by atoms with Gasteiger partial charge in [0, 0.05) is 24.5 Å². The van der Waals surface area contributed by atoms with Crippen molar-refractivity contribution in [2.24, 2.45) is 5.92 Å². The molecule has 3 aliphatic rings. The molecular formula is C24H27NO2. The molecule has 140 valence electrons. The van der Waals surface area contributed by atoms with Gasteiger partial charge in [-0.3, -0.25) is 4.90 Å². The highest BCUT2D eigenvalue weighted by Crippen LogP contribution is 2.54. The van der Waals surface area contributed by atoms with Crippen LogP contribution >= 0.6 is 0 Å². The fraction of sp³-hybridized carbons (Fsp3) is 0.417. The van der Waals surface area contributed by atoms with E-state index in [1.54, 1.807) is 14.2 Å². The second-order valence-corrected chi connectivity index (χ2v) is 8.17. The Kier molecular flexibility index (Phi) is 4.01. The number of hydrogen-bond acceptors (Lipinski definition) is 3. The molecule has 3 unspecified atom stereocenters. The predicted octanol–water partition coefficient (Wildman–Crippen LogP) is 4.56. The van der Waals surface area contributed by atoms with Gasteiger partial charge in [-0.05, 0) is 54.0 Å². The van der Waals surface area contributed by atoms with Gasteiger partial charge in [0.15, 0.2) is 11.5 Å². The van der Waals surface area contributed by atoms with Crippen molar-refractivity contribution < 1.29 is 9.47 Å². The Morgan fingerprint density at radius 2 is 1.70 bits per heavy atom. The number of benzene rings is 2. The zero-order valence-corrected chi connectivity index (χ0v) is 16.2. The molecule has 0 bridgehead atoms. The van der Waals surface area contributed by atoms with Gasteiger partial charge < -0.3 is 9.47 Å². The topological polar surface area (TPSA) is 21.7 Å². The number of nitrogens with zero attached hydrogens (tertiary/aromatic N) is 1. The highest BCUT2D eigenvalue weighted by Gasteiger charge is 2.55. The first kappa shape index (κ1) is 16.9. The molecule has 2 aromatic rings. The van der Waals surface area contributed by atoms with Crippen LogP contribution in [0.3, 0.4) is 0 Å². The summed E-state index contributed by atoms with van der Waals surface area (Å²) in [4.78, 5) is 2.76. The fourth-order valence-corrected chi connectivity index (χ4v) is 5.74. The molecule has 0 radical (unpaired) electrons. The molecule has 5 rings (SSSR count). The molecule has 3 atom stereocenters. The second kappa shape index (κ2) is 6.42. The Bertz CT molecular complexity index is 875. The summed E-state index contributed by atoms with van der Waals surface area (Å²) < 4.78 is 11.1. The molecule has 0 amide bonds. The molecule has 0 aromatic heterocycles. The van der Waals surface area contributed by atoms with Gasteiger partial charge in [0.25, 0.3) is 0 Å². The van der Waals surface area contributed by atoms with E-state index in [1.165, 1.54) is 23.1 Å². The molecule has 3 heteroatoms. The van der Waals surface area contributed by atoms with Crippen LogP contribution in [0.15, 0.2) is 54.6 Å². The summed E-state index contributed by atoms with van der Waals surface area (Å²) in [5.74, 6) is 2.97. The Hall–Kier alpha value is -2.26. The van der Waals surface area contributed by atoms with Gasteiger partial charge in [0.1, 0.15) is 0 Å². The van der Waals surface area contributed by atoms with Crippen molar-refractivity contribution >= 4 is 0 Å². The Balaban J connectivity index is 1.57. The monoisotopic (exact) mass is 361 g/mol. The van der Waals surface area contributed by atoms with Crippen LogP contribution in [-0.4, -0.2) is 31.2 Å². The number of allylic oxidation sites excluding steroid dienone is 1. The third kappa shape index (κ3) is 2.52. The molecule has 1 spiro atoms. The second-order valence-electron chi connectivity index (χ2n) is 8.17. The molecule has 2 aromatic carbocycles. The van der Waals surface area contributed by atoms with Gasteiger partial charge >= 0.3 is 0 Å². The van der Waals surface area contributed by atoms with Gasteiger partial charge in [0.05, 0.1) is 14.2 Å². The SMILES string of the molecule is COc1cc2c(cc1OC)CC13CC=CCC1C(c1ccccc1)CN3C2. The van der Waals surface area contributed by atoms with E-state index in [-0.39, 0.29) is 5.54 Å². The zero-order chi connectivity index (χ0) is 18.4. The van der Waals surface area contributed by atoms with E-state index in [0.717, 1.165) is 37.4 Å². The van der Waals surface area contributed by atoms with Crippen LogP contribution in [0.1, 0.15) is 35.4 Å². The van der Waals surface area contributed by atoms with Crippen LogP contribution in [0.4, 0.5) is 0 Å². The first-order valence-electron chi connectivity index (χ1n) is 9.94. The number of hydrogen-bond donors (Lipinski definition) is 0. The molecule has 1 aliphatic carbocycles. The minimum atomic E-state index is 0.238. The van der Waals surface area contributed by atoms with Crippen molar-refractivity contribution in [2.75, 3.05) is 20.8 Å². The van der Waals surface area contributed by atoms with Crippen molar-refractivity contribution in [1.29, 1.82) is 0 Å². The standard InChI is InChI=1S/C24H27NO2/c1-26-22-12-18-14-24-11-7-6-10-21(24)20(17-8-4-3-5-9-17)16-25(24)15-19(18)13-23(22)27-2/h3-9,12-13,20-21H,10-11,14-16H2,1-2H3. The summed E-state index contributed by atoms with van der Waals surface area (Å²) in [6.07, 6.45) is 8.23. The van der Waals surface area contributed by atoms with Crippen LogP contribution in [-0.2, 0) is 13.0 Å². The lowest BCUT2D eigenvalue weighted by Crippen LogP contribution is -2.52. The van der Waals surface area contributed by atoms with Crippen molar-refractivity contribution in [3.05, 3.63) is 71.3 Å². The molecular weight excluding hydrogens is 334 g/mol. The molecule has 1 fully saturated rings. The summed E-state index contributed by atoms with van der Waals surface area (Å²) in [7, 11) is 3.45. The van der Waals surface area contributed by atoms with E-state index in [9.17, 15) is 0 Å². The average Bonchev–Trinajstić information content (AvgIpc) is 3.05. The maximum Gasteiger partial charge on any atom is 0.161 e. The smallest absolute Gasteiger partial charge is 0.161 e. The molecule has 2 aliphatic heterocycles. The predicted molar refractivity (Wildman–Crippen MR) is 107 cm³/mol.